The molecule has 21 heavy (non-hydrogen) atoms. The third-order valence-corrected chi connectivity index (χ3v) is 4.64. The van der Waals surface area contributed by atoms with Gasteiger partial charge in [0.25, 0.3) is 0 Å². The summed E-state index contributed by atoms with van der Waals surface area (Å²) >= 11 is 0. The van der Waals surface area contributed by atoms with Gasteiger partial charge in [0, 0.05) is 17.5 Å². The van der Waals surface area contributed by atoms with Crippen molar-refractivity contribution in [2.45, 2.75) is 18.7 Å². The van der Waals surface area contributed by atoms with Crippen LogP contribution in [-0.4, -0.2) is 24.1 Å². The average Bonchev–Trinajstić information content (AvgIpc) is 2.81. The summed E-state index contributed by atoms with van der Waals surface area (Å²) < 4.78 is 25.1. The van der Waals surface area contributed by atoms with Crippen molar-refractivity contribution in [1.29, 1.82) is 0 Å². The largest absolute Gasteiger partial charge is 0.297 e. The molecule has 0 aliphatic carbocycles. The van der Waals surface area contributed by atoms with Crippen molar-refractivity contribution in [3.63, 3.8) is 0 Å². The standard InChI is InChI=1S/C16H16N2O2S/c1-11-8-12(2)18-15(10-17-16(18)9-11)13-4-6-14(7-5-13)21(3,19)20/h4-10H,1-3H3. The second-order valence-electron chi connectivity index (χ2n) is 5.31. The lowest BCUT2D eigenvalue weighted by Crippen LogP contribution is -1.97. The third kappa shape index (κ3) is 2.45. The van der Waals surface area contributed by atoms with E-state index in [-0.39, 0.29) is 0 Å². The minimum atomic E-state index is -3.17. The maximum atomic E-state index is 11.5. The molecular formula is C16H16N2O2S. The first-order valence-corrected chi connectivity index (χ1v) is 8.50. The van der Waals surface area contributed by atoms with Crippen LogP contribution in [0.1, 0.15) is 11.3 Å². The maximum absolute atomic E-state index is 11.5. The van der Waals surface area contributed by atoms with Gasteiger partial charge in [0.15, 0.2) is 9.84 Å². The summed E-state index contributed by atoms with van der Waals surface area (Å²) in [6, 6.07) is 11.0. The lowest BCUT2D eigenvalue weighted by molar-refractivity contribution is 0.602. The molecule has 2 heterocycles. The second-order valence-corrected chi connectivity index (χ2v) is 7.32. The summed E-state index contributed by atoms with van der Waals surface area (Å²) in [5, 5.41) is 0. The summed E-state index contributed by atoms with van der Waals surface area (Å²) in [6.45, 7) is 4.08. The maximum Gasteiger partial charge on any atom is 0.175 e. The van der Waals surface area contributed by atoms with Crippen molar-refractivity contribution < 1.29 is 8.42 Å². The smallest absolute Gasteiger partial charge is 0.175 e. The summed E-state index contributed by atoms with van der Waals surface area (Å²) in [5.74, 6) is 0. The number of hydrogen-bond acceptors (Lipinski definition) is 3. The fourth-order valence-electron chi connectivity index (χ4n) is 2.55. The molecule has 0 N–H and O–H groups in total. The normalized spacial score (nSPS) is 12.0. The Balaban J connectivity index is 2.17. The Bertz CT molecular complexity index is 923. The van der Waals surface area contributed by atoms with Gasteiger partial charge in [-0.1, -0.05) is 12.1 Å². The fourth-order valence-corrected chi connectivity index (χ4v) is 3.18. The van der Waals surface area contributed by atoms with Crippen molar-refractivity contribution in [2.24, 2.45) is 0 Å². The first-order valence-electron chi connectivity index (χ1n) is 6.61. The second kappa shape index (κ2) is 4.70. The highest BCUT2D eigenvalue weighted by atomic mass is 32.2. The van der Waals surface area contributed by atoms with Crippen LogP contribution in [0.25, 0.3) is 16.9 Å². The van der Waals surface area contributed by atoms with E-state index < -0.39 is 9.84 Å². The molecule has 108 valence electrons. The molecule has 0 unspecified atom stereocenters. The average molecular weight is 300 g/mol. The monoisotopic (exact) mass is 300 g/mol. The van der Waals surface area contributed by atoms with E-state index in [1.807, 2.05) is 38.2 Å². The van der Waals surface area contributed by atoms with Crippen LogP contribution in [0, 0.1) is 13.8 Å². The molecule has 0 bridgehead atoms. The zero-order valence-electron chi connectivity index (χ0n) is 12.2. The molecular weight excluding hydrogens is 284 g/mol. The highest BCUT2D eigenvalue weighted by Crippen LogP contribution is 2.24. The quantitative estimate of drug-likeness (QED) is 0.731. The zero-order chi connectivity index (χ0) is 15.2. The molecule has 0 saturated heterocycles. The number of benzene rings is 1. The Morgan fingerprint density at radius 1 is 1.05 bits per heavy atom. The Labute approximate surface area is 124 Å². The summed E-state index contributed by atoms with van der Waals surface area (Å²) in [5.41, 5.74) is 5.08. The minimum absolute atomic E-state index is 0.327. The van der Waals surface area contributed by atoms with Gasteiger partial charge >= 0.3 is 0 Å². The number of fused-ring (bicyclic) bond motifs is 1. The number of rotatable bonds is 2. The van der Waals surface area contributed by atoms with E-state index in [2.05, 4.69) is 15.5 Å². The molecule has 3 aromatic rings. The first-order chi connectivity index (χ1) is 9.86. The van der Waals surface area contributed by atoms with Gasteiger partial charge in [-0.2, -0.15) is 0 Å². The number of hydrogen-bond donors (Lipinski definition) is 0. The topological polar surface area (TPSA) is 51.4 Å². The van der Waals surface area contributed by atoms with Crippen molar-refractivity contribution in [3.8, 4) is 11.3 Å². The Morgan fingerprint density at radius 2 is 1.71 bits per heavy atom. The van der Waals surface area contributed by atoms with Crippen molar-refractivity contribution in [1.82, 2.24) is 9.38 Å². The van der Waals surface area contributed by atoms with E-state index in [1.54, 1.807) is 12.1 Å². The van der Waals surface area contributed by atoms with Gasteiger partial charge in [-0.3, -0.25) is 4.40 Å². The molecule has 0 fully saturated rings. The van der Waals surface area contributed by atoms with E-state index >= 15 is 0 Å². The predicted octanol–water partition coefficient (Wildman–Crippen LogP) is 3.02. The van der Waals surface area contributed by atoms with Crippen LogP contribution in [0.15, 0.2) is 47.5 Å². The third-order valence-electron chi connectivity index (χ3n) is 3.51. The molecule has 0 amide bonds. The summed E-state index contributed by atoms with van der Waals surface area (Å²) in [6.07, 6.45) is 3.03. The molecule has 5 heteroatoms. The minimum Gasteiger partial charge on any atom is -0.297 e. The van der Waals surface area contributed by atoms with Crippen LogP contribution < -0.4 is 0 Å². The van der Waals surface area contributed by atoms with Crippen LogP contribution >= 0.6 is 0 Å². The Hall–Kier alpha value is -2.14. The molecule has 0 radical (unpaired) electrons. The van der Waals surface area contributed by atoms with Gasteiger partial charge in [0.1, 0.15) is 5.65 Å². The van der Waals surface area contributed by atoms with Crippen molar-refractivity contribution in [2.75, 3.05) is 6.26 Å². The zero-order valence-corrected chi connectivity index (χ0v) is 13.0. The van der Waals surface area contributed by atoms with E-state index in [4.69, 9.17) is 0 Å². The molecule has 0 aliphatic rings. The predicted molar refractivity (Wildman–Crippen MR) is 83.2 cm³/mol. The van der Waals surface area contributed by atoms with Gasteiger partial charge in [0.2, 0.25) is 0 Å². The number of aromatic nitrogens is 2. The number of pyridine rings is 1. The van der Waals surface area contributed by atoms with Gasteiger partial charge in [-0.15, -0.1) is 0 Å². The number of aryl methyl sites for hydroxylation is 2. The molecule has 0 spiro atoms. The lowest BCUT2D eigenvalue weighted by Gasteiger charge is -2.07. The number of imidazole rings is 1. The molecule has 2 aromatic heterocycles. The van der Waals surface area contributed by atoms with E-state index in [1.165, 1.54) is 11.8 Å². The van der Waals surface area contributed by atoms with E-state index in [0.717, 1.165) is 22.6 Å². The Kier molecular flexibility index (Phi) is 3.10. The van der Waals surface area contributed by atoms with E-state index in [9.17, 15) is 8.42 Å². The molecule has 3 rings (SSSR count). The highest BCUT2D eigenvalue weighted by Gasteiger charge is 2.11. The van der Waals surface area contributed by atoms with Gasteiger partial charge < -0.3 is 0 Å². The molecule has 0 atom stereocenters. The first kappa shape index (κ1) is 13.8. The lowest BCUT2D eigenvalue weighted by atomic mass is 10.1. The van der Waals surface area contributed by atoms with Crippen LogP contribution in [0.3, 0.4) is 0 Å². The van der Waals surface area contributed by atoms with Crippen LogP contribution in [0.4, 0.5) is 0 Å². The van der Waals surface area contributed by atoms with Crippen LogP contribution in [0.2, 0.25) is 0 Å². The van der Waals surface area contributed by atoms with Gasteiger partial charge in [0.05, 0.1) is 16.8 Å². The molecule has 0 saturated carbocycles. The number of nitrogens with zero attached hydrogens (tertiary/aromatic N) is 2. The summed E-state index contributed by atoms with van der Waals surface area (Å²) in [4.78, 5) is 4.76. The molecule has 1 aromatic carbocycles. The van der Waals surface area contributed by atoms with Crippen LogP contribution in [0.5, 0.6) is 0 Å². The number of sulfone groups is 1. The summed E-state index contributed by atoms with van der Waals surface area (Å²) in [7, 11) is -3.17. The highest BCUT2D eigenvalue weighted by molar-refractivity contribution is 7.90. The van der Waals surface area contributed by atoms with Crippen molar-refractivity contribution >= 4 is 15.5 Å². The molecule has 0 aliphatic heterocycles. The van der Waals surface area contributed by atoms with Crippen molar-refractivity contribution in [3.05, 3.63) is 53.9 Å². The Morgan fingerprint density at radius 3 is 2.33 bits per heavy atom. The van der Waals surface area contributed by atoms with Gasteiger partial charge in [-0.05, 0) is 43.7 Å². The SMILES string of the molecule is Cc1cc(C)n2c(-c3ccc(S(C)(=O)=O)cc3)cnc2c1. The fraction of sp³-hybridized carbons (Fsp3) is 0.188. The van der Waals surface area contributed by atoms with E-state index in [0.29, 0.717) is 4.90 Å². The van der Waals surface area contributed by atoms with Crippen LogP contribution in [-0.2, 0) is 9.84 Å². The molecule has 4 nitrogen and oxygen atoms in total. The van der Waals surface area contributed by atoms with Gasteiger partial charge in [-0.25, -0.2) is 13.4 Å².